The number of aromatic nitrogens is 3. The van der Waals surface area contributed by atoms with Crippen LogP contribution in [-0.4, -0.2) is 25.5 Å². The van der Waals surface area contributed by atoms with E-state index in [4.69, 9.17) is 4.52 Å². The fraction of sp³-hybridized carbons (Fsp3) is 0.350. The molecule has 1 aromatic carbocycles. The van der Waals surface area contributed by atoms with E-state index in [2.05, 4.69) is 33.8 Å². The first-order valence-electron chi connectivity index (χ1n) is 8.81. The maximum Gasteiger partial charge on any atom is 0.228 e. The first-order chi connectivity index (χ1) is 12.5. The van der Waals surface area contributed by atoms with Crippen molar-refractivity contribution in [2.75, 3.05) is 0 Å². The van der Waals surface area contributed by atoms with Crippen LogP contribution in [0.15, 0.2) is 41.1 Å². The SMILES string of the molecule is Cc1noc(C)c1CC(=O)N1Cc2ncc(C)n2CC1c1ccccc1. The summed E-state index contributed by atoms with van der Waals surface area (Å²) < 4.78 is 7.42. The molecule has 2 aromatic heterocycles. The van der Waals surface area contributed by atoms with Gasteiger partial charge in [-0.05, 0) is 26.3 Å². The summed E-state index contributed by atoms with van der Waals surface area (Å²) in [5.74, 6) is 1.71. The standard InChI is InChI=1S/C20H22N4O2/c1-13-10-21-19-12-24(20(25)9-17-14(2)22-26-15(17)3)18(11-23(13)19)16-7-5-4-6-8-16/h4-8,10,18H,9,11-12H2,1-3H3. The Hall–Kier alpha value is -2.89. The van der Waals surface area contributed by atoms with Gasteiger partial charge >= 0.3 is 0 Å². The van der Waals surface area contributed by atoms with Gasteiger partial charge in [-0.25, -0.2) is 4.98 Å². The van der Waals surface area contributed by atoms with Gasteiger partial charge in [-0.1, -0.05) is 35.5 Å². The lowest BCUT2D eigenvalue weighted by molar-refractivity contribution is -0.135. The van der Waals surface area contributed by atoms with Gasteiger partial charge in [-0.15, -0.1) is 0 Å². The molecular weight excluding hydrogens is 328 g/mol. The van der Waals surface area contributed by atoms with Crippen LogP contribution in [0, 0.1) is 20.8 Å². The Labute approximate surface area is 152 Å². The van der Waals surface area contributed by atoms with Crippen molar-refractivity contribution in [2.45, 2.75) is 46.3 Å². The van der Waals surface area contributed by atoms with Crippen molar-refractivity contribution in [3.05, 3.63) is 70.6 Å². The zero-order valence-electron chi connectivity index (χ0n) is 15.3. The van der Waals surface area contributed by atoms with Gasteiger partial charge in [0.25, 0.3) is 0 Å². The molecular formula is C20H22N4O2. The van der Waals surface area contributed by atoms with Crippen molar-refractivity contribution in [1.29, 1.82) is 0 Å². The van der Waals surface area contributed by atoms with Gasteiger partial charge in [0.2, 0.25) is 5.91 Å². The molecule has 6 nitrogen and oxygen atoms in total. The van der Waals surface area contributed by atoms with Crippen molar-refractivity contribution < 1.29 is 9.32 Å². The molecule has 0 spiro atoms. The maximum absolute atomic E-state index is 13.2. The van der Waals surface area contributed by atoms with Crippen molar-refractivity contribution in [2.24, 2.45) is 0 Å². The number of hydrogen-bond donors (Lipinski definition) is 0. The Morgan fingerprint density at radius 1 is 1.23 bits per heavy atom. The lowest BCUT2D eigenvalue weighted by Crippen LogP contribution is -2.42. The second kappa shape index (κ2) is 6.44. The molecule has 1 unspecified atom stereocenters. The van der Waals surface area contributed by atoms with Crippen LogP contribution in [0.2, 0.25) is 0 Å². The van der Waals surface area contributed by atoms with Gasteiger partial charge in [0.05, 0.1) is 24.7 Å². The molecule has 1 aliphatic heterocycles. The predicted molar refractivity (Wildman–Crippen MR) is 96.4 cm³/mol. The van der Waals surface area contributed by atoms with Gasteiger partial charge in [-0.3, -0.25) is 4.79 Å². The van der Waals surface area contributed by atoms with Crippen LogP contribution >= 0.6 is 0 Å². The highest BCUT2D eigenvalue weighted by Gasteiger charge is 2.32. The lowest BCUT2D eigenvalue weighted by atomic mass is 10.0. The summed E-state index contributed by atoms with van der Waals surface area (Å²) in [6.45, 7) is 7.01. The number of fused-ring (bicyclic) bond motifs is 1. The van der Waals surface area contributed by atoms with E-state index >= 15 is 0 Å². The normalized spacial score (nSPS) is 16.6. The number of rotatable bonds is 3. The van der Waals surface area contributed by atoms with Crippen molar-refractivity contribution in [3.63, 3.8) is 0 Å². The van der Waals surface area contributed by atoms with E-state index in [9.17, 15) is 4.79 Å². The number of amides is 1. The highest BCUT2D eigenvalue weighted by Crippen LogP contribution is 2.31. The number of nitrogens with zero attached hydrogens (tertiary/aromatic N) is 4. The molecule has 0 bridgehead atoms. The molecule has 0 fully saturated rings. The summed E-state index contributed by atoms with van der Waals surface area (Å²) in [7, 11) is 0. The first kappa shape index (κ1) is 16.6. The fourth-order valence-electron chi connectivity index (χ4n) is 3.65. The second-order valence-electron chi connectivity index (χ2n) is 6.85. The van der Waals surface area contributed by atoms with Gasteiger partial charge in [-0.2, -0.15) is 0 Å². The number of imidazole rings is 1. The van der Waals surface area contributed by atoms with Crippen LogP contribution in [0.1, 0.15) is 40.1 Å². The lowest BCUT2D eigenvalue weighted by Gasteiger charge is -2.37. The van der Waals surface area contributed by atoms with E-state index < -0.39 is 0 Å². The summed E-state index contributed by atoms with van der Waals surface area (Å²) >= 11 is 0. The summed E-state index contributed by atoms with van der Waals surface area (Å²) in [6, 6.07) is 10.2. The third-order valence-corrected chi connectivity index (χ3v) is 5.20. The molecule has 4 rings (SSSR count). The largest absolute Gasteiger partial charge is 0.361 e. The van der Waals surface area contributed by atoms with Crippen LogP contribution in [0.25, 0.3) is 0 Å². The Kier molecular flexibility index (Phi) is 4.11. The molecule has 3 heterocycles. The van der Waals surface area contributed by atoms with Gasteiger partial charge < -0.3 is 14.0 Å². The summed E-state index contributed by atoms with van der Waals surface area (Å²) in [6.07, 6.45) is 2.17. The summed E-state index contributed by atoms with van der Waals surface area (Å²) in [5.41, 5.74) is 3.92. The minimum atomic E-state index is -0.00966. The summed E-state index contributed by atoms with van der Waals surface area (Å²) in [4.78, 5) is 19.6. The molecule has 1 amide bonds. The van der Waals surface area contributed by atoms with E-state index in [-0.39, 0.29) is 11.9 Å². The van der Waals surface area contributed by atoms with Crippen molar-refractivity contribution in [3.8, 4) is 0 Å². The molecule has 0 N–H and O–H groups in total. The molecule has 0 saturated heterocycles. The fourth-order valence-corrected chi connectivity index (χ4v) is 3.65. The van der Waals surface area contributed by atoms with Crippen LogP contribution in [0.3, 0.4) is 0 Å². The quantitative estimate of drug-likeness (QED) is 0.728. The Morgan fingerprint density at radius 2 is 2.00 bits per heavy atom. The average molecular weight is 350 g/mol. The zero-order chi connectivity index (χ0) is 18.3. The van der Waals surface area contributed by atoms with Crippen LogP contribution in [0.4, 0.5) is 0 Å². The zero-order valence-corrected chi connectivity index (χ0v) is 15.3. The Morgan fingerprint density at radius 3 is 2.69 bits per heavy atom. The van der Waals surface area contributed by atoms with Gasteiger partial charge in [0.1, 0.15) is 11.6 Å². The van der Waals surface area contributed by atoms with Crippen LogP contribution in [-0.2, 0) is 24.3 Å². The molecule has 0 aliphatic carbocycles. The average Bonchev–Trinajstić information content (AvgIpc) is 3.18. The Balaban J connectivity index is 1.68. The highest BCUT2D eigenvalue weighted by molar-refractivity contribution is 5.79. The Bertz CT molecular complexity index is 923. The van der Waals surface area contributed by atoms with E-state index in [0.29, 0.717) is 18.7 Å². The monoisotopic (exact) mass is 350 g/mol. The molecule has 0 saturated carbocycles. The maximum atomic E-state index is 13.2. The predicted octanol–water partition coefficient (Wildman–Crippen LogP) is 3.12. The first-order valence-corrected chi connectivity index (χ1v) is 8.81. The smallest absolute Gasteiger partial charge is 0.228 e. The van der Waals surface area contributed by atoms with E-state index in [1.165, 1.54) is 0 Å². The number of carbonyl (C=O) groups excluding carboxylic acids is 1. The van der Waals surface area contributed by atoms with Crippen molar-refractivity contribution in [1.82, 2.24) is 19.6 Å². The van der Waals surface area contributed by atoms with Crippen LogP contribution in [0.5, 0.6) is 0 Å². The molecule has 0 radical (unpaired) electrons. The number of aryl methyl sites for hydroxylation is 3. The number of carbonyl (C=O) groups is 1. The van der Waals surface area contributed by atoms with Gasteiger partial charge in [0.15, 0.2) is 0 Å². The van der Waals surface area contributed by atoms with E-state index in [0.717, 1.165) is 34.9 Å². The summed E-state index contributed by atoms with van der Waals surface area (Å²) in [5, 5.41) is 3.97. The van der Waals surface area contributed by atoms with Crippen LogP contribution < -0.4 is 0 Å². The molecule has 6 heteroatoms. The molecule has 26 heavy (non-hydrogen) atoms. The molecule has 1 atom stereocenters. The van der Waals surface area contributed by atoms with E-state index in [1.807, 2.05) is 43.1 Å². The third kappa shape index (κ3) is 2.81. The minimum absolute atomic E-state index is 0.00966. The van der Waals surface area contributed by atoms with Crippen molar-refractivity contribution >= 4 is 5.91 Å². The molecule has 134 valence electrons. The molecule has 3 aromatic rings. The number of benzene rings is 1. The van der Waals surface area contributed by atoms with Gasteiger partial charge in [0, 0.05) is 24.0 Å². The minimum Gasteiger partial charge on any atom is -0.361 e. The number of hydrogen-bond acceptors (Lipinski definition) is 4. The third-order valence-electron chi connectivity index (χ3n) is 5.20. The topological polar surface area (TPSA) is 64.2 Å². The highest BCUT2D eigenvalue weighted by atomic mass is 16.5. The second-order valence-corrected chi connectivity index (χ2v) is 6.85. The molecule has 1 aliphatic rings. The van der Waals surface area contributed by atoms with E-state index in [1.54, 1.807) is 0 Å².